The molecule has 1 unspecified atom stereocenters. The zero-order chi connectivity index (χ0) is 13.7. The Morgan fingerprint density at radius 2 is 2.28 bits per heavy atom. The van der Waals surface area contributed by atoms with Crippen LogP contribution in [0.25, 0.3) is 0 Å². The normalized spacial score (nSPS) is 12.2. The molecule has 3 N–H and O–H groups in total. The number of carbonyl (C=O) groups is 1. The number of anilines is 2. The molecule has 0 aliphatic heterocycles. The molecule has 0 saturated heterocycles. The fourth-order valence-electron chi connectivity index (χ4n) is 1.33. The van der Waals surface area contributed by atoms with Crippen molar-refractivity contribution in [1.82, 2.24) is 10.3 Å². The largest absolute Gasteiger partial charge is 0.382 e. The average molecular weight is 288 g/mol. The van der Waals surface area contributed by atoms with Crippen LogP contribution in [0.1, 0.15) is 23.0 Å². The number of thioether (sulfide) groups is 1. The third kappa shape index (κ3) is 4.06. The third-order valence-electron chi connectivity index (χ3n) is 2.36. The maximum Gasteiger partial charge on any atom is 0.265 e. The molecule has 1 heterocycles. The number of hydrogen-bond donors (Lipinski definition) is 2. The molecule has 0 aliphatic rings. The Morgan fingerprint density at radius 3 is 2.78 bits per heavy atom. The van der Waals surface area contributed by atoms with Crippen LogP contribution in [-0.4, -0.2) is 43.0 Å². The first-order chi connectivity index (χ1) is 8.45. The predicted octanol–water partition coefficient (Wildman–Crippen LogP) is 1.66. The van der Waals surface area contributed by atoms with Crippen LogP contribution < -0.4 is 16.0 Å². The van der Waals surface area contributed by atoms with Crippen LogP contribution in [0.3, 0.4) is 0 Å². The van der Waals surface area contributed by atoms with Gasteiger partial charge in [-0.3, -0.25) is 4.79 Å². The second kappa shape index (κ2) is 6.84. The Labute approximate surface area is 116 Å². The second-order valence-electron chi connectivity index (χ2n) is 4.26. The minimum atomic E-state index is -0.133. The summed E-state index contributed by atoms with van der Waals surface area (Å²) in [7, 11) is 3.75. The maximum atomic E-state index is 12.0. The maximum absolute atomic E-state index is 12.0. The van der Waals surface area contributed by atoms with Crippen molar-refractivity contribution in [2.45, 2.75) is 19.4 Å². The summed E-state index contributed by atoms with van der Waals surface area (Å²) in [6.07, 6.45) is 3.01. The second-order valence-corrected chi connectivity index (χ2v) is 6.22. The van der Waals surface area contributed by atoms with Gasteiger partial charge in [-0.1, -0.05) is 11.3 Å². The van der Waals surface area contributed by atoms with Gasteiger partial charge in [-0.05, 0) is 25.4 Å². The zero-order valence-corrected chi connectivity index (χ0v) is 12.8. The van der Waals surface area contributed by atoms with Crippen LogP contribution >= 0.6 is 23.1 Å². The molecule has 1 rings (SSSR count). The van der Waals surface area contributed by atoms with Crippen LogP contribution in [0.15, 0.2) is 0 Å². The van der Waals surface area contributed by atoms with Gasteiger partial charge in [0.1, 0.15) is 10.7 Å². The van der Waals surface area contributed by atoms with Crippen molar-refractivity contribution in [1.29, 1.82) is 0 Å². The molecule has 7 heteroatoms. The van der Waals surface area contributed by atoms with Gasteiger partial charge >= 0.3 is 0 Å². The summed E-state index contributed by atoms with van der Waals surface area (Å²) in [4.78, 5) is 18.5. The summed E-state index contributed by atoms with van der Waals surface area (Å²) >= 11 is 3.09. The highest BCUT2D eigenvalue weighted by Gasteiger charge is 2.18. The first-order valence-electron chi connectivity index (χ1n) is 5.69. The van der Waals surface area contributed by atoms with Crippen molar-refractivity contribution in [2.75, 3.05) is 36.7 Å². The molecule has 0 saturated carbocycles. The topological polar surface area (TPSA) is 71.2 Å². The Bertz CT molecular complexity index is 406. The number of nitrogen functional groups attached to an aromatic ring is 1. The summed E-state index contributed by atoms with van der Waals surface area (Å²) in [5.74, 6) is 1.20. The zero-order valence-electron chi connectivity index (χ0n) is 11.2. The lowest BCUT2D eigenvalue weighted by Crippen LogP contribution is -2.32. The highest BCUT2D eigenvalue weighted by atomic mass is 32.2. The van der Waals surface area contributed by atoms with Crippen LogP contribution in [0.5, 0.6) is 0 Å². The van der Waals surface area contributed by atoms with Crippen LogP contribution in [-0.2, 0) is 0 Å². The molecule has 1 amide bonds. The van der Waals surface area contributed by atoms with Crippen LogP contribution in [0, 0.1) is 0 Å². The van der Waals surface area contributed by atoms with Gasteiger partial charge in [0.2, 0.25) is 0 Å². The molecule has 1 aromatic rings. The van der Waals surface area contributed by atoms with Gasteiger partial charge in [0, 0.05) is 20.1 Å². The molecule has 0 radical (unpaired) electrons. The van der Waals surface area contributed by atoms with Gasteiger partial charge in [0.25, 0.3) is 5.91 Å². The van der Waals surface area contributed by atoms with Crippen molar-refractivity contribution < 1.29 is 4.79 Å². The van der Waals surface area contributed by atoms with E-state index >= 15 is 0 Å². The van der Waals surface area contributed by atoms with E-state index in [2.05, 4.69) is 16.6 Å². The number of thiazole rings is 1. The van der Waals surface area contributed by atoms with Crippen LogP contribution in [0.4, 0.5) is 10.9 Å². The Morgan fingerprint density at radius 1 is 1.61 bits per heavy atom. The van der Waals surface area contributed by atoms with Gasteiger partial charge in [-0.15, -0.1) is 0 Å². The molecular formula is C11H20N4OS2. The van der Waals surface area contributed by atoms with Crippen molar-refractivity contribution in [3.63, 3.8) is 0 Å². The van der Waals surface area contributed by atoms with E-state index in [0.717, 1.165) is 17.3 Å². The number of aromatic nitrogens is 1. The van der Waals surface area contributed by atoms with E-state index < -0.39 is 0 Å². The van der Waals surface area contributed by atoms with Crippen molar-refractivity contribution in [3.05, 3.63) is 4.88 Å². The Hall–Kier alpha value is -0.950. The van der Waals surface area contributed by atoms with E-state index in [4.69, 9.17) is 5.73 Å². The van der Waals surface area contributed by atoms with Gasteiger partial charge in [0.15, 0.2) is 5.13 Å². The lowest BCUT2D eigenvalue weighted by molar-refractivity contribution is 0.0944. The van der Waals surface area contributed by atoms with E-state index in [9.17, 15) is 4.79 Å². The fourth-order valence-corrected chi connectivity index (χ4v) is 2.73. The monoisotopic (exact) mass is 288 g/mol. The average Bonchev–Trinajstić information content (AvgIpc) is 2.68. The third-order valence-corrected chi connectivity index (χ3v) is 4.24. The first kappa shape index (κ1) is 15.1. The molecule has 0 aromatic carbocycles. The molecule has 0 aliphatic carbocycles. The van der Waals surface area contributed by atoms with Crippen molar-refractivity contribution >= 4 is 40.0 Å². The number of carbonyl (C=O) groups excluding carboxylic acids is 1. The summed E-state index contributed by atoms with van der Waals surface area (Å²) in [6.45, 7) is 2.00. The predicted molar refractivity (Wildman–Crippen MR) is 80.8 cm³/mol. The number of nitrogens with one attached hydrogen (secondary N) is 1. The number of nitrogens with zero attached hydrogens (tertiary/aromatic N) is 2. The molecule has 18 heavy (non-hydrogen) atoms. The summed E-state index contributed by atoms with van der Waals surface area (Å²) in [5.41, 5.74) is 5.76. The molecule has 102 valence electrons. The van der Waals surface area contributed by atoms with Gasteiger partial charge in [0.05, 0.1) is 0 Å². The molecule has 0 fully saturated rings. The SMILES string of the molecule is CSCCC(C)NC(=O)c1sc(N(C)C)nc1N. The van der Waals surface area contributed by atoms with Gasteiger partial charge < -0.3 is 16.0 Å². The molecule has 5 nitrogen and oxygen atoms in total. The molecular weight excluding hydrogens is 268 g/mol. The van der Waals surface area contributed by atoms with E-state index in [1.807, 2.05) is 25.9 Å². The van der Waals surface area contributed by atoms with E-state index in [-0.39, 0.29) is 11.9 Å². The van der Waals surface area contributed by atoms with Gasteiger partial charge in [-0.2, -0.15) is 11.8 Å². The van der Waals surface area contributed by atoms with Gasteiger partial charge in [-0.25, -0.2) is 4.98 Å². The number of amides is 1. The summed E-state index contributed by atoms with van der Waals surface area (Å²) in [5, 5.41) is 3.69. The van der Waals surface area contributed by atoms with Crippen LogP contribution in [0.2, 0.25) is 0 Å². The molecule has 0 bridgehead atoms. The summed E-state index contributed by atoms with van der Waals surface area (Å²) < 4.78 is 0. The van der Waals surface area contributed by atoms with E-state index in [1.54, 1.807) is 11.8 Å². The minimum Gasteiger partial charge on any atom is -0.382 e. The molecule has 1 atom stereocenters. The molecule has 1 aromatic heterocycles. The number of nitrogens with two attached hydrogens (primary N) is 1. The van der Waals surface area contributed by atoms with E-state index in [1.165, 1.54) is 11.3 Å². The molecule has 0 spiro atoms. The fraction of sp³-hybridized carbons (Fsp3) is 0.636. The lowest BCUT2D eigenvalue weighted by atomic mass is 10.2. The Kier molecular flexibility index (Phi) is 5.74. The summed E-state index contributed by atoms with van der Waals surface area (Å²) in [6, 6.07) is 0.147. The first-order valence-corrected chi connectivity index (χ1v) is 7.90. The quantitative estimate of drug-likeness (QED) is 0.833. The van der Waals surface area contributed by atoms with E-state index in [0.29, 0.717) is 10.7 Å². The number of rotatable bonds is 6. The van der Waals surface area contributed by atoms with Crippen molar-refractivity contribution in [2.24, 2.45) is 0 Å². The standard InChI is InChI=1S/C11H20N4OS2/c1-7(5-6-17-4)13-10(16)8-9(12)14-11(18-8)15(2)3/h7H,5-6,12H2,1-4H3,(H,13,16). The highest BCUT2D eigenvalue weighted by Crippen LogP contribution is 2.26. The highest BCUT2D eigenvalue weighted by molar-refractivity contribution is 7.98. The Balaban J connectivity index is 2.66. The minimum absolute atomic E-state index is 0.133. The lowest BCUT2D eigenvalue weighted by Gasteiger charge is -2.12. The number of hydrogen-bond acceptors (Lipinski definition) is 6. The van der Waals surface area contributed by atoms with Crippen molar-refractivity contribution in [3.8, 4) is 0 Å². The smallest absolute Gasteiger partial charge is 0.265 e.